The highest BCUT2D eigenvalue weighted by Gasteiger charge is 2.33. The van der Waals surface area contributed by atoms with Gasteiger partial charge in [-0.2, -0.15) is 13.2 Å². The number of rotatable bonds is 10. The van der Waals surface area contributed by atoms with Crippen LogP contribution in [0.3, 0.4) is 0 Å². The Morgan fingerprint density at radius 1 is 0.946 bits per heavy atom. The van der Waals surface area contributed by atoms with E-state index >= 15 is 0 Å². The van der Waals surface area contributed by atoms with Crippen LogP contribution in [0.25, 0.3) is 5.65 Å². The van der Waals surface area contributed by atoms with Crippen LogP contribution in [0.5, 0.6) is 5.75 Å². The number of carbonyl (C=O) groups excluding carboxylic acids is 4. The number of ether oxygens (including phenoxy) is 1. The third-order valence-electron chi connectivity index (χ3n) is 10.3. The predicted octanol–water partition coefficient (Wildman–Crippen LogP) is 4.53. The molecule has 0 bridgehead atoms. The lowest BCUT2D eigenvalue weighted by Gasteiger charge is -2.38. The van der Waals surface area contributed by atoms with Gasteiger partial charge in [0.1, 0.15) is 34.5 Å². The molecule has 0 saturated carbocycles. The van der Waals surface area contributed by atoms with Crippen LogP contribution in [0.15, 0.2) is 60.9 Å². The summed E-state index contributed by atoms with van der Waals surface area (Å²) in [4.78, 5) is 64.5. The molecule has 1 unspecified atom stereocenters. The molecule has 3 fully saturated rings. The van der Waals surface area contributed by atoms with Crippen molar-refractivity contribution in [3.8, 4) is 5.75 Å². The van der Waals surface area contributed by atoms with Gasteiger partial charge < -0.3 is 29.6 Å². The number of imide groups is 1. The fourth-order valence-corrected chi connectivity index (χ4v) is 7.28. The van der Waals surface area contributed by atoms with Crippen molar-refractivity contribution in [2.24, 2.45) is 0 Å². The van der Waals surface area contributed by atoms with Gasteiger partial charge in [0.05, 0.1) is 18.3 Å². The first-order valence-electron chi connectivity index (χ1n) is 18.8. The highest BCUT2D eigenvalue weighted by atomic mass is 19.4. The third-order valence-corrected chi connectivity index (χ3v) is 10.3. The molecule has 3 saturated heterocycles. The second-order valence-corrected chi connectivity index (χ2v) is 14.6. The molecule has 3 aliphatic heterocycles. The zero-order valence-corrected chi connectivity index (χ0v) is 31.1. The summed E-state index contributed by atoms with van der Waals surface area (Å²) in [5, 5.41) is 8.22. The Hall–Kier alpha value is -5.71. The van der Waals surface area contributed by atoms with Gasteiger partial charge in [0.15, 0.2) is 0 Å². The van der Waals surface area contributed by atoms with E-state index in [1.165, 1.54) is 6.07 Å². The van der Waals surface area contributed by atoms with E-state index < -0.39 is 23.8 Å². The minimum Gasteiger partial charge on any atom is -0.489 e. The van der Waals surface area contributed by atoms with Gasteiger partial charge in [-0.1, -0.05) is 6.07 Å². The Morgan fingerprint density at radius 3 is 2.36 bits per heavy atom. The molecule has 0 spiro atoms. The molecule has 0 aliphatic carbocycles. The summed E-state index contributed by atoms with van der Waals surface area (Å²) >= 11 is 0. The smallest absolute Gasteiger partial charge is 0.433 e. The van der Waals surface area contributed by atoms with Crippen LogP contribution in [0.4, 0.5) is 30.2 Å². The topological polar surface area (TPSA) is 154 Å². The number of pyridine rings is 2. The fraction of sp³-hybridized carbons (Fsp3) is 0.436. The first-order valence-corrected chi connectivity index (χ1v) is 18.8. The minimum atomic E-state index is -4.69. The lowest BCUT2D eigenvalue weighted by molar-refractivity contribution is -0.141. The first kappa shape index (κ1) is 38.6. The van der Waals surface area contributed by atoms with Crippen LogP contribution in [-0.2, 0) is 20.6 Å². The van der Waals surface area contributed by atoms with Gasteiger partial charge in [0.25, 0.3) is 5.91 Å². The average Bonchev–Trinajstić information content (AvgIpc) is 3.59. The average molecular weight is 776 g/mol. The van der Waals surface area contributed by atoms with Crippen molar-refractivity contribution in [2.45, 2.75) is 63.8 Å². The number of fused-ring (bicyclic) bond motifs is 1. The maximum atomic E-state index is 13.3. The van der Waals surface area contributed by atoms with Crippen molar-refractivity contribution in [2.75, 3.05) is 61.3 Å². The summed E-state index contributed by atoms with van der Waals surface area (Å²) in [6.45, 7) is 8.12. The van der Waals surface area contributed by atoms with Crippen LogP contribution in [0.1, 0.15) is 67.3 Å². The van der Waals surface area contributed by atoms with Gasteiger partial charge >= 0.3 is 6.18 Å². The highest BCUT2D eigenvalue weighted by Crippen LogP contribution is 2.33. The number of hydrogen-bond donors (Lipinski definition) is 3. The van der Waals surface area contributed by atoms with E-state index in [1.807, 2.05) is 49.2 Å². The molecule has 3 aromatic heterocycles. The van der Waals surface area contributed by atoms with Gasteiger partial charge in [-0.3, -0.25) is 29.4 Å². The second-order valence-electron chi connectivity index (χ2n) is 14.6. The number of imidazole rings is 1. The summed E-state index contributed by atoms with van der Waals surface area (Å²) in [5.74, 6) is -0.776. The summed E-state index contributed by atoms with van der Waals surface area (Å²) in [6.07, 6.45) is 0.975. The summed E-state index contributed by atoms with van der Waals surface area (Å²) in [7, 11) is 0. The predicted molar refractivity (Wildman–Crippen MR) is 202 cm³/mol. The number of likely N-dealkylation sites (tertiary alicyclic amines) is 1. The largest absolute Gasteiger partial charge is 0.489 e. The molecule has 17 heteroatoms. The quantitative estimate of drug-likeness (QED) is 0.196. The number of hydrogen-bond acceptors (Lipinski definition) is 10. The number of amides is 4. The van der Waals surface area contributed by atoms with E-state index in [4.69, 9.17) is 9.72 Å². The van der Waals surface area contributed by atoms with Crippen molar-refractivity contribution in [3.63, 3.8) is 0 Å². The zero-order chi connectivity index (χ0) is 39.6. The Kier molecular flexibility index (Phi) is 11.1. The molecule has 296 valence electrons. The number of carbonyl (C=O) groups is 4. The number of alkyl halides is 3. The summed E-state index contributed by atoms with van der Waals surface area (Å²) in [5.41, 5.74) is 2.05. The van der Waals surface area contributed by atoms with Crippen molar-refractivity contribution in [3.05, 3.63) is 78.0 Å². The highest BCUT2D eigenvalue weighted by molar-refractivity contribution is 6.04. The lowest BCUT2D eigenvalue weighted by atomic mass is 9.94. The normalized spacial score (nSPS) is 18.6. The molecular formula is C39H44F3N9O5. The molecule has 7 rings (SSSR count). The first-order chi connectivity index (χ1) is 26.8. The van der Waals surface area contributed by atoms with Crippen molar-refractivity contribution >= 4 is 46.3 Å². The zero-order valence-electron chi connectivity index (χ0n) is 31.1. The van der Waals surface area contributed by atoms with Gasteiger partial charge in [-0.15, -0.1) is 0 Å². The van der Waals surface area contributed by atoms with Gasteiger partial charge in [-0.05, 0) is 82.6 Å². The maximum absolute atomic E-state index is 13.3. The van der Waals surface area contributed by atoms with Crippen LogP contribution in [0, 0.1) is 0 Å². The molecule has 3 N–H and O–H groups in total. The molecule has 4 aromatic rings. The number of piperazine rings is 1. The summed E-state index contributed by atoms with van der Waals surface area (Å²) < 4.78 is 47.4. The van der Waals surface area contributed by atoms with Gasteiger partial charge in [0, 0.05) is 68.4 Å². The number of aromatic nitrogens is 3. The number of benzene rings is 1. The molecule has 56 heavy (non-hydrogen) atoms. The number of halogens is 3. The molecule has 1 aromatic carbocycles. The van der Waals surface area contributed by atoms with E-state index in [2.05, 4.69) is 30.7 Å². The maximum Gasteiger partial charge on any atom is 0.433 e. The Balaban J connectivity index is 0.906. The monoisotopic (exact) mass is 775 g/mol. The number of nitrogens with one attached hydrogen (secondary N) is 3. The van der Waals surface area contributed by atoms with Gasteiger partial charge in [-0.25, -0.2) is 9.97 Å². The minimum absolute atomic E-state index is 0.104. The third kappa shape index (κ3) is 9.04. The molecule has 0 radical (unpaired) electrons. The Labute approximate surface area is 321 Å². The molecule has 3 aliphatic rings. The van der Waals surface area contributed by atoms with E-state index in [0.717, 1.165) is 55.1 Å². The van der Waals surface area contributed by atoms with E-state index in [1.54, 1.807) is 16.7 Å². The van der Waals surface area contributed by atoms with Crippen LogP contribution in [0.2, 0.25) is 0 Å². The van der Waals surface area contributed by atoms with Crippen LogP contribution < -0.4 is 25.6 Å². The van der Waals surface area contributed by atoms with Crippen molar-refractivity contribution in [1.29, 1.82) is 0 Å². The Morgan fingerprint density at radius 2 is 1.68 bits per heavy atom. The van der Waals surface area contributed by atoms with E-state index in [-0.39, 0.29) is 41.1 Å². The lowest BCUT2D eigenvalue weighted by Crippen LogP contribution is -2.51. The van der Waals surface area contributed by atoms with Gasteiger partial charge in [0.2, 0.25) is 17.7 Å². The summed E-state index contributed by atoms with van der Waals surface area (Å²) in [6, 6.07) is 12.3. The molecule has 4 amide bonds. The second kappa shape index (κ2) is 16.2. The SMILES string of the molecule is CC(C)Oc1cc2nc(C3CCN(CC(=O)N4CCN(c5ccc(NC6CCC(=O)NC6=O)cc5)CC4)CC3)cn2cc1NC(=O)c1cccc(C(F)(F)F)n1. The Bertz CT molecular complexity index is 2090. The number of piperidine rings is 2. The molecule has 14 nitrogen and oxygen atoms in total. The molecule has 1 atom stereocenters. The van der Waals surface area contributed by atoms with Crippen LogP contribution in [-0.4, -0.2) is 106 Å². The fourth-order valence-electron chi connectivity index (χ4n) is 7.28. The number of anilines is 3. The van der Waals surface area contributed by atoms with Crippen molar-refractivity contribution < 1.29 is 37.1 Å². The van der Waals surface area contributed by atoms with Crippen LogP contribution >= 0.6 is 0 Å². The number of nitrogens with zero attached hydrogens (tertiary/aromatic N) is 6. The van der Waals surface area contributed by atoms with Crippen molar-refractivity contribution in [1.82, 2.24) is 29.5 Å². The molecular weight excluding hydrogens is 731 g/mol. The van der Waals surface area contributed by atoms with E-state index in [0.29, 0.717) is 57.0 Å². The van der Waals surface area contributed by atoms with E-state index in [9.17, 15) is 32.3 Å². The standard InChI is InChI=1S/C39H44F3N9O5/c1-24(2)56-32-20-34-45-30(21-51(34)22-31(32)46-37(54)28-4-3-5-33(44-28)39(40,41)42)25-12-14-48(15-13-25)23-36(53)50-18-16-49(17-19-50)27-8-6-26(7-9-27)43-29-10-11-35(52)47-38(29)55/h3-9,20-22,24-25,29,43H,10-19,23H2,1-2H3,(H,46,54)(H,47,52,55). The molecule has 6 heterocycles.